The van der Waals surface area contributed by atoms with Gasteiger partial charge in [0.1, 0.15) is 6.10 Å². The zero-order valence-electron chi connectivity index (χ0n) is 10.3. The van der Waals surface area contributed by atoms with Crippen LogP contribution in [-0.4, -0.2) is 18.9 Å². The van der Waals surface area contributed by atoms with Crippen LogP contribution in [0.2, 0.25) is 0 Å². The minimum Gasteiger partial charge on any atom is -0.254 e. The molecule has 2 aromatic rings. The van der Waals surface area contributed by atoms with Crippen LogP contribution < -0.4 is 0 Å². The van der Waals surface area contributed by atoms with E-state index in [1.807, 2.05) is 0 Å². The predicted octanol–water partition coefficient (Wildman–Crippen LogP) is 3.16. The third-order valence-corrected chi connectivity index (χ3v) is 3.70. The molecule has 4 nitrogen and oxygen atoms in total. The number of para-hydroxylation sites is 1. The summed E-state index contributed by atoms with van der Waals surface area (Å²) in [4.78, 5) is 4.08. The van der Waals surface area contributed by atoms with Crippen molar-refractivity contribution >= 4 is 21.0 Å². The summed E-state index contributed by atoms with van der Waals surface area (Å²) in [5.74, 6) is 0. The highest BCUT2D eigenvalue weighted by atomic mass is 32.2. The molecule has 0 bridgehead atoms. The SMILES string of the molecule is C[C@@H](OS(=O)(=O)C(F)(F)F)c1ccc2ccccc2n1. The number of hydrogen-bond acceptors (Lipinski definition) is 4. The molecule has 0 saturated carbocycles. The van der Waals surface area contributed by atoms with Gasteiger partial charge in [0.2, 0.25) is 0 Å². The summed E-state index contributed by atoms with van der Waals surface area (Å²) >= 11 is 0. The number of rotatable bonds is 3. The summed E-state index contributed by atoms with van der Waals surface area (Å²) in [5.41, 5.74) is -4.79. The highest BCUT2D eigenvalue weighted by Crippen LogP contribution is 2.29. The van der Waals surface area contributed by atoms with Crippen LogP contribution in [0.15, 0.2) is 36.4 Å². The van der Waals surface area contributed by atoms with Crippen molar-refractivity contribution in [3.63, 3.8) is 0 Å². The van der Waals surface area contributed by atoms with Gasteiger partial charge in [-0.15, -0.1) is 0 Å². The molecule has 1 heterocycles. The minimum atomic E-state index is -5.64. The molecule has 0 aliphatic carbocycles. The van der Waals surface area contributed by atoms with Crippen LogP contribution in [0, 0.1) is 0 Å². The van der Waals surface area contributed by atoms with E-state index in [0.717, 1.165) is 5.39 Å². The van der Waals surface area contributed by atoms with Crippen molar-refractivity contribution in [3.8, 4) is 0 Å². The molecule has 20 heavy (non-hydrogen) atoms. The van der Waals surface area contributed by atoms with Crippen LogP contribution in [0.1, 0.15) is 18.7 Å². The second kappa shape index (κ2) is 5.02. The van der Waals surface area contributed by atoms with E-state index < -0.39 is 21.7 Å². The van der Waals surface area contributed by atoms with Gasteiger partial charge in [-0.25, -0.2) is 0 Å². The summed E-state index contributed by atoms with van der Waals surface area (Å²) < 4.78 is 62.7. The van der Waals surface area contributed by atoms with Crippen LogP contribution in [-0.2, 0) is 14.3 Å². The van der Waals surface area contributed by atoms with Crippen LogP contribution in [0.3, 0.4) is 0 Å². The monoisotopic (exact) mass is 305 g/mol. The second-order valence-electron chi connectivity index (χ2n) is 4.07. The number of nitrogens with zero attached hydrogens (tertiary/aromatic N) is 1. The van der Waals surface area contributed by atoms with Gasteiger partial charge in [-0.2, -0.15) is 21.6 Å². The first-order valence-electron chi connectivity index (χ1n) is 5.56. The van der Waals surface area contributed by atoms with Crippen LogP contribution >= 0.6 is 0 Å². The maximum absolute atomic E-state index is 12.2. The molecule has 0 radical (unpaired) electrons. The Morgan fingerprint density at radius 2 is 1.80 bits per heavy atom. The Balaban J connectivity index is 2.30. The van der Waals surface area contributed by atoms with Crippen molar-refractivity contribution in [1.82, 2.24) is 4.98 Å². The number of fused-ring (bicyclic) bond motifs is 1. The molecule has 1 atom stereocenters. The topological polar surface area (TPSA) is 56.3 Å². The quantitative estimate of drug-likeness (QED) is 0.645. The van der Waals surface area contributed by atoms with E-state index in [9.17, 15) is 21.6 Å². The largest absolute Gasteiger partial charge is 0.523 e. The van der Waals surface area contributed by atoms with Gasteiger partial charge < -0.3 is 0 Å². The number of aromatic nitrogens is 1. The minimum absolute atomic E-state index is 0.108. The highest BCUT2D eigenvalue weighted by molar-refractivity contribution is 7.87. The first kappa shape index (κ1) is 14.7. The molecule has 108 valence electrons. The smallest absolute Gasteiger partial charge is 0.254 e. The molecule has 0 saturated heterocycles. The van der Waals surface area contributed by atoms with Gasteiger partial charge in [-0.05, 0) is 19.1 Å². The van der Waals surface area contributed by atoms with E-state index in [0.29, 0.717) is 5.52 Å². The zero-order chi connectivity index (χ0) is 15.0. The maximum atomic E-state index is 12.2. The highest BCUT2D eigenvalue weighted by Gasteiger charge is 2.48. The number of alkyl halides is 3. The van der Waals surface area contributed by atoms with E-state index in [1.165, 1.54) is 13.0 Å². The van der Waals surface area contributed by atoms with Gasteiger partial charge in [-0.3, -0.25) is 9.17 Å². The Morgan fingerprint density at radius 3 is 2.45 bits per heavy atom. The molecule has 1 aromatic heterocycles. The van der Waals surface area contributed by atoms with Crippen LogP contribution in [0.4, 0.5) is 13.2 Å². The molecule has 1 aromatic carbocycles. The lowest BCUT2D eigenvalue weighted by atomic mass is 10.2. The Morgan fingerprint density at radius 1 is 1.15 bits per heavy atom. The number of halogens is 3. The standard InChI is InChI=1S/C12H10F3NO3S/c1-8(19-20(17,18)12(13,14)15)10-7-6-9-4-2-3-5-11(9)16-10/h2-8H,1H3/t8-/m1/s1. The fraction of sp³-hybridized carbons (Fsp3) is 0.250. The third kappa shape index (κ3) is 2.91. The predicted molar refractivity (Wildman–Crippen MR) is 66.2 cm³/mol. The normalized spacial score (nSPS) is 14.4. The van der Waals surface area contributed by atoms with E-state index >= 15 is 0 Å². The van der Waals surface area contributed by atoms with Gasteiger partial charge >= 0.3 is 15.6 Å². The summed E-state index contributed by atoms with van der Waals surface area (Å²) in [6.07, 6.45) is -1.33. The van der Waals surface area contributed by atoms with Gasteiger partial charge in [0.25, 0.3) is 0 Å². The fourth-order valence-electron chi connectivity index (χ4n) is 1.60. The molecule has 2 rings (SSSR count). The number of hydrogen-bond donors (Lipinski definition) is 0. The Hall–Kier alpha value is -1.67. The fourth-order valence-corrected chi connectivity index (χ4v) is 2.19. The molecule has 0 aliphatic heterocycles. The number of pyridine rings is 1. The summed E-state index contributed by atoms with van der Waals surface area (Å²) in [6, 6.07) is 10.0. The maximum Gasteiger partial charge on any atom is 0.523 e. The van der Waals surface area contributed by atoms with E-state index in [-0.39, 0.29) is 5.69 Å². The van der Waals surface area contributed by atoms with Crippen LogP contribution in [0.5, 0.6) is 0 Å². The third-order valence-electron chi connectivity index (χ3n) is 2.59. The molecular weight excluding hydrogens is 295 g/mol. The lowest BCUT2D eigenvalue weighted by Gasteiger charge is -2.14. The lowest BCUT2D eigenvalue weighted by Crippen LogP contribution is -2.26. The lowest BCUT2D eigenvalue weighted by molar-refractivity contribution is -0.0570. The Kier molecular flexibility index (Phi) is 3.70. The molecule has 0 aliphatic rings. The van der Waals surface area contributed by atoms with Gasteiger partial charge in [0, 0.05) is 5.39 Å². The van der Waals surface area contributed by atoms with Crippen molar-refractivity contribution in [2.45, 2.75) is 18.5 Å². The average Bonchev–Trinajstić information content (AvgIpc) is 2.36. The second-order valence-corrected chi connectivity index (χ2v) is 5.63. The van der Waals surface area contributed by atoms with Gasteiger partial charge in [-0.1, -0.05) is 24.3 Å². The van der Waals surface area contributed by atoms with E-state index in [1.54, 1.807) is 30.3 Å². The van der Waals surface area contributed by atoms with Gasteiger partial charge in [0.05, 0.1) is 11.2 Å². The number of benzene rings is 1. The van der Waals surface area contributed by atoms with Crippen LogP contribution in [0.25, 0.3) is 10.9 Å². The molecule has 0 fully saturated rings. The van der Waals surface area contributed by atoms with Crippen molar-refractivity contribution in [2.24, 2.45) is 0 Å². The van der Waals surface area contributed by atoms with E-state index in [2.05, 4.69) is 9.17 Å². The first-order valence-corrected chi connectivity index (χ1v) is 6.97. The molecule has 0 spiro atoms. The molecular formula is C12H10F3NO3S. The van der Waals surface area contributed by atoms with Crippen molar-refractivity contribution in [3.05, 3.63) is 42.1 Å². The zero-order valence-corrected chi connectivity index (χ0v) is 11.1. The molecule has 0 amide bonds. The Labute approximate surface area is 113 Å². The van der Waals surface area contributed by atoms with Gasteiger partial charge in [0.15, 0.2) is 0 Å². The van der Waals surface area contributed by atoms with Crippen molar-refractivity contribution < 1.29 is 25.8 Å². The summed E-state index contributed by atoms with van der Waals surface area (Å²) in [5, 5.41) is 0.794. The average molecular weight is 305 g/mol. The Bertz CT molecular complexity index is 728. The van der Waals surface area contributed by atoms with Crippen molar-refractivity contribution in [1.29, 1.82) is 0 Å². The molecule has 0 N–H and O–H groups in total. The first-order chi connectivity index (χ1) is 9.21. The molecule has 0 unspecified atom stereocenters. The van der Waals surface area contributed by atoms with E-state index in [4.69, 9.17) is 0 Å². The van der Waals surface area contributed by atoms with Crippen molar-refractivity contribution in [2.75, 3.05) is 0 Å². The summed E-state index contributed by atoms with van der Waals surface area (Å²) in [6.45, 7) is 1.19. The summed E-state index contributed by atoms with van der Waals surface area (Å²) in [7, 11) is -5.64. The molecule has 8 heteroatoms.